The maximum Gasteiger partial charge on any atom is 0.331 e. The molecular weight excluding hydrogens is 278 g/mol. The third-order valence-corrected chi connectivity index (χ3v) is 4.66. The maximum atomic E-state index is 12.9. The molecule has 22 heavy (non-hydrogen) atoms. The Morgan fingerprint density at radius 1 is 1.18 bits per heavy atom. The van der Waals surface area contributed by atoms with E-state index in [2.05, 4.69) is 19.2 Å². The third kappa shape index (κ3) is 2.39. The molecule has 1 fully saturated rings. The van der Waals surface area contributed by atoms with Gasteiger partial charge in [-0.25, -0.2) is 4.79 Å². The van der Waals surface area contributed by atoms with Gasteiger partial charge in [0.1, 0.15) is 0 Å². The van der Waals surface area contributed by atoms with Crippen molar-refractivity contribution in [3.63, 3.8) is 0 Å². The van der Waals surface area contributed by atoms with Crippen molar-refractivity contribution in [2.24, 2.45) is 7.05 Å². The highest BCUT2D eigenvalue weighted by molar-refractivity contribution is 5.79. The van der Waals surface area contributed by atoms with Gasteiger partial charge in [0.2, 0.25) is 0 Å². The topological polar surface area (TPSA) is 56.0 Å². The van der Waals surface area contributed by atoms with Crippen molar-refractivity contribution < 1.29 is 0 Å². The highest BCUT2D eigenvalue weighted by Gasteiger charge is 2.21. The highest BCUT2D eigenvalue weighted by Crippen LogP contribution is 2.20. The van der Waals surface area contributed by atoms with Crippen molar-refractivity contribution in [1.29, 1.82) is 0 Å². The predicted octanol–water partition coefficient (Wildman–Crippen LogP) is 1.75. The Labute approximate surface area is 129 Å². The van der Waals surface area contributed by atoms with Gasteiger partial charge >= 0.3 is 5.69 Å². The van der Waals surface area contributed by atoms with Crippen LogP contribution in [0.5, 0.6) is 0 Å². The summed E-state index contributed by atoms with van der Waals surface area (Å²) in [6.07, 6.45) is 1.65. The molecule has 5 nitrogen and oxygen atoms in total. The molecule has 1 N–H and O–H groups in total. The number of fused-ring (bicyclic) bond motifs is 1. The molecular formula is C17H23N3O2. The van der Waals surface area contributed by atoms with Crippen LogP contribution in [0.3, 0.4) is 0 Å². The summed E-state index contributed by atoms with van der Waals surface area (Å²) in [5, 5.41) is 3.92. The van der Waals surface area contributed by atoms with E-state index in [0.717, 1.165) is 31.5 Å². The summed E-state index contributed by atoms with van der Waals surface area (Å²) >= 11 is 0. The van der Waals surface area contributed by atoms with Crippen LogP contribution in [0.4, 0.5) is 0 Å². The number of hydrogen-bond acceptors (Lipinski definition) is 3. The minimum atomic E-state index is -0.207. The van der Waals surface area contributed by atoms with E-state index < -0.39 is 0 Å². The Bertz CT molecular complexity index is 811. The van der Waals surface area contributed by atoms with Crippen LogP contribution in [0.1, 0.15) is 44.2 Å². The summed E-state index contributed by atoms with van der Waals surface area (Å²) in [5.41, 5.74) is 1.49. The molecule has 0 radical (unpaired) electrons. The Kier molecular flexibility index (Phi) is 3.91. The average Bonchev–Trinajstić information content (AvgIpc) is 2.53. The number of nitrogens with zero attached hydrogens (tertiary/aromatic N) is 2. The molecule has 1 saturated heterocycles. The van der Waals surface area contributed by atoms with Crippen LogP contribution in [0, 0.1) is 0 Å². The van der Waals surface area contributed by atoms with Crippen LogP contribution in [0.2, 0.25) is 0 Å². The summed E-state index contributed by atoms with van der Waals surface area (Å²) in [6, 6.07) is 5.83. The average molecular weight is 301 g/mol. The fourth-order valence-electron chi connectivity index (χ4n) is 3.24. The Hall–Kier alpha value is -1.88. The fraction of sp³-hybridized carbons (Fsp3) is 0.529. The third-order valence-electron chi connectivity index (χ3n) is 4.66. The molecule has 118 valence electrons. The van der Waals surface area contributed by atoms with Gasteiger partial charge in [-0.05, 0) is 49.5 Å². The normalized spacial score (nSPS) is 16.5. The summed E-state index contributed by atoms with van der Waals surface area (Å²) < 4.78 is 3.07. The molecule has 0 saturated carbocycles. The van der Waals surface area contributed by atoms with Gasteiger partial charge in [0.05, 0.1) is 10.9 Å². The predicted molar refractivity (Wildman–Crippen MR) is 88.7 cm³/mol. The SMILES string of the molecule is CC(C)c1ccc2c(c1)c(=O)n(C1CCNCC1)c(=O)n2C. The Balaban J connectivity index is 2.28. The summed E-state index contributed by atoms with van der Waals surface area (Å²) in [5.74, 6) is 0.355. The Morgan fingerprint density at radius 3 is 2.50 bits per heavy atom. The van der Waals surface area contributed by atoms with E-state index in [1.165, 1.54) is 4.57 Å². The monoisotopic (exact) mass is 301 g/mol. The molecule has 0 atom stereocenters. The van der Waals surface area contributed by atoms with Crippen LogP contribution in [0.15, 0.2) is 27.8 Å². The molecule has 2 heterocycles. The van der Waals surface area contributed by atoms with Crippen LogP contribution in [0.25, 0.3) is 10.9 Å². The highest BCUT2D eigenvalue weighted by atomic mass is 16.2. The van der Waals surface area contributed by atoms with Crippen LogP contribution >= 0.6 is 0 Å². The first-order chi connectivity index (χ1) is 10.5. The molecule has 5 heteroatoms. The Morgan fingerprint density at radius 2 is 1.86 bits per heavy atom. The van der Waals surface area contributed by atoms with Crippen LogP contribution in [-0.4, -0.2) is 22.2 Å². The van der Waals surface area contributed by atoms with E-state index >= 15 is 0 Å². The van der Waals surface area contributed by atoms with Crippen molar-refractivity contribution in [3.8, 4) is 0 Å². The summed E-state index contributed by atoms with van der Waals surface area (Å²) in [7, 11) is 1.75. The molecule has 0 aliphatic carbocycles. The lowest BCUT2D eigenvalue weighted by Crippen LogP contribution is -2.44. The van der Waals surface area contributed by atoms with E-state index in [9.17, 15) is 9.59 Å². The van der Waals surface area contributed by atoms with Crippen molar-refractivity contribution in [2.45, 2.75) is 38.6 Å². The smallest absolute Gasteiger partial charge is 0.317 e. The van der Waals surface area contributed by atoms with Crippen LogP contribution < -0.4 is 16.6 Å². The lowest BCUT2D eigenvalue weighted by atomic mass is 10.0. The molecule has 2 aromatic rings. The molecule has 1 aliphatic heterocycles. The summed E-state index contributed by atoms with van der Waals surface area (Å²) in [4.78, 5) is 25.5. The van der Waals surface area contributed by atoms with Gasteiger partial charge in [-0.15, -0.1) is 0 Å². The zero-order chi connectivity index (χ0) is 15.9. The molecule has 1 aliphatic rings. The number of piperidine rings is 1. The van der Waals surface area contributed by atoms with Crippen molar-refractivity contribution in [3.05, 3.63) is 44.6 Å². The number of benzene rings is 1. The van der Waals surface area contributed by atoms with Crippen LogP contribution in [-0.2, 0) is 7.05 Å². The molecule has 0 amide bonds. The second-order valence-corrected chi connectivity index (χ2v) is 6.43. The number of aromatic nitrogens is 2. The van der Waals surface area contributed by atoms with E-state index in [0.29, 0.717) is 16.8 Å². The maximum absolute atomic E-state index is 12.9. The molecule has 0 unspecified atom stereocenters. The molecule has 0 bridgehead atoms. The molecule has 3 rings (SSSR count). The van der Waals surface area contributed by atoms with Gasteiger partial charge in [-0.3, -0.25) is 13.9 Å². The van der Waals surface area contributed by atoms with Gasteiger partial charge < -0.3 is 5.32 Å². The summed E-state index contributed by atoms with van der Waals surface area (Å²) in [6.45, 7) is 5.91. The van der Waals surface area contributed by atoms with Gasteiger partial charge in [-0.1, -0.05) is 19.9 Å². The molecule has 1 aromatic carbocycles. The van der Waals surface area contributed by atoms with Gasteiger partial charge in [0, 0.05) is 13.1 Å². The van der Waals surface area contributed by atoms with E-state index in [4.69, 9.17) is 0 Å². The van der Waals surface area contributed by atoms with Crippen molar-refractivity contribution >= 4 is 10.9 Å². The number of hydrogen-bond donors (Lipinski definition) is 1. The second-order valence-electron chi connectivity index (χ2n) is 6.43. The zero-order valence-corrected chi connectivity index (χ0v) is 13.4. The van der Waals surface area contributed by atoms with E-state index in [1.807, 2.05) is 18.2 Å². The van der Waals surface area contributed by atoms with E-state index in [-0.39, 0.29) is 17.3 Å². The van der Waals surface area contributed by atoms with Gasteiger partial charge in [0.15, 0.2) is 0 Å². The number of aryl methyl sites for hydroxylation is 1. The molecule has 0 spiro atoms. The second kappa shape index (κ2) is 5.72. The quantitative estimate of drug-likeness (QED) is 0.919. The lowest BCUT2D eigenvalue weighted by Gasteiger charge is -2.25. The lowest BCUT2D eigenvalue weighted by molar-refractivity contribution is 0.347. The van der Waals surface area contributed by atoms with Crippen molar-refractivity contribution in [1.82, 2.24) is 14.5 Å². The first-order valence-corrected chi connectivity index (χ1v) is 7.96. The number of rotatable bonds is 2. The zero-order valence-electron chi connectivity index (χ0n) is 13.4. The van der Waals surface area contributed by atoms with E-state index in [1.54, 1.807) is 11.6 Å². The van der Waals surface area contributed by atoms with Gasteiger partial charge in [0.25, 0.3) is 5.56 Å². The van der Waals surface area contributed by atoms with Crippen molar-refractivity contribution in [2.75, 3.05) is 13.1 Å². The van der Waals surface area contributed by atoms with Gasteiger partial charge in [-0.2, -0.15) is 0 Å². The first kappa shape index (κ1) is 15.0. The largest absolute Gasteiger partial charge is 0.331 e. The fourth-order valence-corrected chi connectivity index (χ4v) is 3.24. The number of nitrogens with one attached hydrogen (secondary N) is 1. The minimum absolute atomic E-state index is 0.000411. The standard InChI is InChI=1S/C17H23N3O2/c1-11(2)12-4-5-15-14(10-12)16(21)20(17(22)19(15)3)13-6-8-18-9-7-13/h4-5,10-11,13,18H,6-9H2,1-3H3. The first-order valence-electron chi connectivity index (χ1n) is 7.96. The molecule has 1 aromatic heterocycles. The minimum Gasteiger partial charge on any atom is -0.317 e.